The second-order valence-corrected chi connectivity index (χ2v) is 11.1. The minimum atomic E-state index is 0. The Hall–Kier alpha value is -1.77. The summed E-state index contributed by atoms with van der Waals surface area (Å²) >= 11 is 0. The fourth-order valence-corrected chi connectivity index (χ4v) is 5.19. The van der Waals surface area contributed by atoms with Crippen molar-refractivity contribution in [2.75, 3.05) is 14.1 Å². The monoisotopic (exact) mass is 605 g/mol. The molecule has 0 atom stereocenters. The molecular weight excluding hydrogens is 545 g/mol. The van der Waals surface area contributed by atoms with Crippen LogP contribution in [0.2, 0.25) is 0 Å². The van der Waals surface area contributed by atoms with Gasteiger partial charge in [-0.25, -0.2) is 0 Å². The van der Waals surface area contributed by atoms with Crippen molar-refractivity contribution in [1.82, 2.24) is 0 Å². The molecule has 0 spiro atoms. The van der Waals surface area contributed by atoms with Gasteiger partial charge in [-0.05, 0) is 117 Å². The van der Waals surface area contributed by atoms with E-state index >= 15 is 0 Å². The van der Waals surface area contributed by atoms with Gasteiger partial charge in [-0.1, -0.05) is 79.2 Å². The Morgan fingerprint density at radius 2 is 1.22 bits per heavy atom. The Bertz CT molecular complexity index is 1040. The maximum absolute atomic E-state index is 5.15. The van der Waals surface area contributed by atoms with Gasteiger partial charge in [0.15, 0.2) is 0 Å². The van der Waals surface area contributed by atoms with Gasteiger partial charge < -0.3 is 5.32 Å². The van der Waals surface area contributed by atoms with Crippen LogP contribution in [0.1, 0.15) is 134 Å². The van der Waals surface area contributed by atoms with E-state index in [4.69, 9.17) is 9.98 Å². The molecule has 0 saturated carbocycles. The summed E-state index contributed by atoms with van der Waals surface area (Å²) in [6.07, 6.45) is 17.0. The van der Waals surface area contributed by atoms with Crippen LogP contribution in [-0.4, -0.2) is 25.5 Å². The van der Waals surface area contributed by atoms with Gasteiger partial charge in [0.05, 0.1) is 22.8 Å². The summed E-state index contributed by atoms with van der Waals surface area (Å²) in [6, 6.07) is 11.4. The van der Waals surface area contributed by atoms with Gasteiger partial charge in [-0.2, -0.15) is 14.1 Å². The summed E-state index contributed by atoms with van der Waals surface area (Å²) in [5.74, 6) is 0. The molecular formula is C37H61N3Ni-. The third kappa shape index (κ3) is 14.8. The number of aryl methyl sites for hydroxylation is 4. The molecule has 2 rings (SSSR count). The van der Waals surface area contributed by atoms with Crippen LogP contribution < -0.4 is 0 Å². The fraction of sp³-hybridized carbons (Fsp3) is 0.622. The molecule has 0 bridgehead atoms. The summed E-state index contributed by atoms with van der Waals surface area (Å²) in [5, 5.41) is 3.50. The molecule has 2 aromatic carbocycles. The third-order valence-electron chi connectivity index (χ3n) is 7.58. The average molecular weight is 607 g/mol. The Labute approximate surface area is 264 Å². The Morgan fingerprint density at radius 1 is 0.659 bits per heavy atom. The molecule has 235 valence electrons. The second kappa shape index (κ2) is 23.8. The van der Waals surface area contributed by atoms with E-state index in [1.807, 2.05) is 0 Å². The molecule has 0 aliphatic rings. The molecule has 0 unspecified atom stereocenters. The van der Waals surface area contributed by atoms with Gasteiger partial charge in [0.2, 0.25) is 0 Å². The molecule has 0 aromatic heterocycles. The van der Waals surface area contributed by atoms with Crippen LogP contribution in [0.3, 0.4) is 0 Å². The molecule has 0 saturated heterocycles. The zero-order valence-corrected chi connectivity index (χ0v) is 29.0. The summed E-state index contributed by atoms with van der Waals surface area (Å²) in [5.41, 5.74) is 11.7. The first kappa shape index (κ1) is 39.2. The molecule has 0 radical (unpaired) electrons. The Morgan fingerprint density at radius 3 is 1.83 bits per heavy atom. The number of aliphatic imine (C=N–C) groups is 2. The van der Waals surface area contributed by atoms with Gasteiger partial charge in [-0.3, -0.25) is 9.98 Å². The van der Waals surface area contributed by atoms with Crippen molar-refractivity contribution in [1.29, 1.82) is 0 Å². The van der Waals surface area contributed by atoms with E-state index < -0.39 is 0 Å². The molecule has 0 aliphatic carbocycles. The zero-order chi connectivity index (χ0) is 29.8. The van der Waals surface area contributed by atoms with Gasteiger partial charge in [0.1, 0.15) is 0 Å². The van der Waals surface area contributed by atoms with E-state index in [2.05, 4.69) is 84.1 Å². The first-order chi connectivity index (χ1) is 19.4. The summed E-state index contributed by atoms with van der Waals surface area (Å²) in [4.78, 5) is 10.2. The van der Waals surface area contributed by atoms with Crippen molar-refractivity contribution >= 4 is 22.8 Å². The van der Waals surface area contributed by atoms with Crippen molar-refractivity contribution in [2.24, 2.45) is 9.98 Å². The number of hydrogen-bond donors (Lipinski definition) is 0. The Kier molecular flexibility index (Phi) is 22.7. The van der Waals surface area contributed by atoms with Crippen molar-refractivity contribution in [2.45, 2.75) is 138 Å². The van der Waals surface area contributed by atoms with Crippen LogP contribution >= 0.6 is 0 Å². The van der Waals surface area contributed by atoms with E-state index in [1.165, 1.54) is 92.9 Å². The number of hydrogen-bond acceptors (Lipinski definition) is 2. The van der Waals surface area contributed by atoms with E-state index in [-0.39, 0.29) is 16.5 Å². The van der Waals surface area contributed by atoms with Crippen LogP contribution in [-0.2, 0) is 42.2 Å². The molecule has 0 heterocycles. The SMILES string of the molecule is CCCCCCc1c(CC)cc(N=C(C)C(CC)=Nc2ccc(C)c(CCCC)c2)cc1CCCCC.C[N-]C.[NiH]. The van der Waals surface area contributed by atoms with E-state index in [9.17, 15) is 0 Å². The zero-order valence-electron chi connectivity index (χ0n) is 28.0. The van der Waals surface area contributed by atoms with Gasteiger partial charge in [0.25, 0.3) is 0 Å². The topological polar surface area (TPSA) is 38.8 Å². The molecule has 4 heteroatoms. The maximum atomic E-state index is 5.15. The predicted octanol–water partition coefficient (Wildman–Crippen LogP) is 11.4. The van der Waals surface area contributed by atoms with Crippen LogP contribution in [0.25, 0.3) is 5.32 Å². The summed E-state index contributed by atoms with van der Waals surface area (Å²) in [7, 11) is 3.50. The molecule has 0 amide bonds. The molecule has 0 aliphatic heterocycles. The second-order valence-electron chi connectivity index (χ2n) is 11.1. The first-order valence-electron chi connectivity index (χ1n) is 16.2. The van der Waals surface area contributed by atoms with E-state index in [1.54, 1.807) is 19.7 Å². The van der Waals surface area contributed by atoms with Gasteiger partial charge in [0, 0.05) is 0 Å². The number of nitrogens with zero attached hydrogens (tertiary/aromatic N) is 3. The molecule has 0 N–H and O–H groups in total. The molecule has 41 heavy (non-hydrogen) atoms. The van der Waals surface area contributed by atoms with Gasteiger partial charge >= 0.3 is 16.5 Å². The minimum absolute atomic E-state index is 0. The fourth-order valence-electron chi connectivity index (χ4n) is 5.19. The van der Waals surface area contributed by atoms with Gasteiger partial charge in [-0.15, -0.1) is 0 Å². The normalized spacial score (nSPS) is 11.6. The molecule has 3 nitrogen and oxygen atoms in total. The quantitative estimate of drug-likeness (QED) is 0.0976. The summed E-state index contributed by atoms with van der Waals surface area (Å²) in [6.45, 7) is 15.7. The van der Waals surface area contributed by atoms with Crippen molar-refractivity contribution in [3.8, 4) is 0 Å². The number of benzene rings is 2. The van der Waals surface area contributed by atoms with Crippen LogP contribution in [0, 0.1) is 6.92 Å². The molecule has 0 fully saturated rings. The predicted molar refractivity (Wildman–Crippen MR) is 183 cm³/mol. The molecule has 2 aromatic rings. The summed E-state index contributed by atoms with van der Waals surface area (Å²) < 4.78 is 0. The van der Waals surface area contributed by atoms with E-state index in [0.717, 1.165) is 42.1 Å². The van der Waals surface area contributed by atoms with Crippen molar-refractivity contribution in [3.05, 3.63) is 63.5 Å². The van der Waals surface area contributed by atoms with Crippen LogP contribution in [0.4, 0.5) is 11.4 Å². The van der Waals surface area contributed by atoms with Crippen LogP contribution in [0.5, 0.6) is 0 Å². The van der Waals surface area contributed by atoms with E-state index in [0.29, 0.717) is 0 Å². The number of unbranched alkanes of at least 4 members (excludes halogenated alkanes) is 6. The first-order valence-corrected chi connectivity index (χ1v) is 16.2. The third-order valence-corrected chi connectivity index (χ3v) is 7.58. The van der Waals surface area contributed by atoms with Crippen molar-refractivity contribution in [3.63, 3.8) is 0 Å². The Balaban J connectivity index is 0.00000382. The van der Waals surface area contributed by atoms with Crippen molar-refractivity contribution < 1.29 is 16.5 Å². The van der Waals surface area contributed by atoms with Crippen LogP contribution in [0.15, 0.2) is 40.3 Å². The number of rotatable bonds is 17. The average Bonchev–Trinajstić information content (AvgIpc) is 2.95. The standard InChI is InChI=1S/C35H54N2.C2H6N.Ni.H/c1-8-13-16-18-21-34-29(11-4)24-33(26-31(34)20-17-14-9-2)36-28(7)35(12-5)37-32-23-22-27(6)30(25-32)19-15-10-3;1-3-2;;/h22-26H,8-21H2,1-7H3;1-2H3;;/q;-1;;.